The van der Waals surface area contributed by atoms with E-state index < -0.39 is 11.9 Å². The van der Waals surface area contributed by atoms with Gasteiger partial charge in [0, 0.05) is 19.0 Å². The SMILES string of the molecule is CC1CCC(=O)N1[C@@H](CCCNC(=N)N)C(N)=O. The number of carbonyl (C=O) groups excluding carboxylic acids is 2. The molecule has 0 aromatic carbocycles. The van der Waals surface area contributed by atoms with Crippen molar-refractivity contribution in [2.24, 2.45) is 11.5 Å². The van der Waals surface area contributed by atoms with Crippen molar-refractivity contribution < 1.29 is 9.59 Å². The van der Waals surface area contributed by atoms with E-state index in [-0.39, 0.29) is 17.9 Å². The summed E-state index contributed by atoms with van der Waals surface area (Å²) in [5.41, 5.74) is 10.5. The maximum Gasteiger partial charge on any atom is 0.240 e. The molecule has 1 aliphatic heterocycles. The number of carbonyl (C=O) groups is 2. The third-order valence-corrected chi connectivity index (χ3v) is 3.17. The maximum atomic E-state index is 11.7. The first kappa shape index (κ1) is 14.3. The summed E-state index contributed by atoms with van der Waals surface area (Å²) < 4.78 is 0. The molecule has 1 rings (SSSR count). The molecule has 0 radical (unpaired) electrons. The molecular weight excluding hydrogens is 234 g/mol. The van der Waals surface area contributed by atoms with Crippen LogP contribution >= 0.6 is 0 Å². The molecule has 1 saturated heterocycles. The van der Waals surface area contributed by atoms with E-state index in [1.807, 2.05) is 6.92 Å². The summed E-state index contributed by atoms with van der Waals surface area (Å²) in [6, 6.07) is -0.487. The number of nitrogens with two attached hydrogens (primary N) is 2. The predicted octanol–water partition coefficient (Wildman–Crippen LogP) is -0.886. The van der Waals surface area contributed by atoms with Crippen LogP contribution in [0.4, 0.5) is 0 Å². The summed E-state index contributed by atoms with van der Waals surface area (Å²) in [5.74, 6) is -0.581. The topological polar surface area (TPSA) is 125 Å². The molecule has 1 heterocycles. The van der Waals surface area contributed by atoms with Crippen molar-refractivity contribution in [3.63, 3.8) is 0 Å². The normalized spacial score (nSPS) is 20.8. The van der Waals surface area contributed by atoms with Crippen LogP contribution < -0.4 is 16.8 Å². The van der Waals surface area contributed by atoms with Crippen LogP contribution in [0.1, 0.15) is 32.6 Å². The zero-order valence-electron chi connectivity index (χ0n) is 10.6. The second-order valence-electron chi connectivity index (χ2n) is 4.59. The lowest BCUT2D eigenvalue weighted by Gasteiger charge is -2.29. The molecular formula is C11H21N5O2. The van der Waals surface area contributed by atoms with E-state index in [2.05, 4.69) is 5.32 Å². The van der Waals surface area contributed by atoms with Crippen molar-refractivity contribution >= 4 is 17.8 Å². The number of primary amides is 1. The van der Waals surface area contributed by atoms with Gasteiger partial charge >= 0.3 is 0 Å². The molecule has 0 aromatic heterocycles. The van der Waals surface area contributed by atoms with Crippen LogP contribution in [-0.4, -0.2) is 41.3 Å². The molecule has 0 saturated carbocycles. The molecule has 2 atom stereocenters. The van der Waals surface area contributed by atoms with E-state index in [0.717, 1.165) is 6.42 Å². The Hall–Kier alpha value is -1.79. The van der Waals surface area contributed by atoms with Gasteiger partial charge in [0.1, 0.15) is 6.04 Å². The number of rotatable bonds is 6. The van der Waals surface area contributed by atoms with E-state index in [1.54, 1.807) is 4.90 Å². The third kappa shape index (κ3) is 3.61. The van der Waals surface area contributed by atoms with Crippen LogP contribution in [0.25, 0.3) is 0 Å². The van der Waals surface area contributed by atoms with E-state index in [4.69, 9.17) is 16.9 Å². The van der Waals surface area contributed by atoms with Gasteiger partial charge in [-0.25, -0.2) is 0 Å². The van der Waals surface area contributed by atoms with Crippen LogP contribution in [0.15, 0.2) is 0 Å². The van der Waals surface area contributed by atoms with Crippen LogP contribution in [0.2, 0.25) is 0 Å². The van der Waals surface area contributed by atoms with Crippen molar-refractivity contribution in [1.82, 2.24) is 10.2 Å². The van der Waals surface area contributed by atoms with Gasteiger partial charge in [0.25, 0.3) is 0 Å². The van der Waals surface area contributed by atoms with Gasteiger partial charge in [-0.15, -0.1) is 0 Å². The Morgan fingerprint density at radius 1 is 1.61 bits per heavy atom. The first-order chi connectivity index (χ1) is 8.43. The number of likely N-dealkylation sites (tertiary alicyclic amines) is 1. The molecule has 7 nitrogen and oxygen atoms in total. The molecule has 0 spiro atoms. The maximum absolute atomic E-state index is 11.7. The molecule has 7 heteroatoms. The molecule has 1 unspecified atom stereocenters. The fourth-order valence-electron chi connectivity index (χ4n) is 2.26. The molecule has 18 heavy (non-hydrogen) atoms. The predicted molar refractivity (Wildman–Crippen MR) is 67.7 cm³/mol. The standard InChI is InChI=1S/C11H21N5O2/c1-7-4-5-9(17)16(7)8(10(12)18)3-2-6-15-11(13)14/h7-8H,2-6H2,1H3,(H2,12,18)(H4,13,14,15)/t7?,8-/m0/s1. The smallest absolute Gasteiger partial charge is 0.240 e. The van der Waals surface area contributed by atoms with Gasteiger partial charge in [-0.3, -0.25) is 15.0 Å². The van der Waals surface area contributed by atoms with Gasteiger partial charge < -0.3 is 21.7 Å². The highest BCUT2D eigenvalue weighted by atomic mass is 16.2. The minimum absolute atomic E-state index is 0.00849. The first-order valence-corrected chi connectivity index (χ1v) is 6.12. The Kier molecular flexibility index (Phi) is 4.94. The second-order valence-corrected chi connectivity index (χ2v) is 4.59. The molecule has 6 N–H and O–H groups in total. The number of nitrogens with zero attached hydrogens (tertiary/aromatic N) is 1. The summed E-state index contributed by atoms with van der Waals surface area (Å²) in [6.07, 6.45) is 2.38. The number of amides is 2. The summed E-state index contributed by atoms with van der Waals surface area (Å²) in [5, 5.41) is 9.66. The highest BCUT2D eigenvalue weighted by Gasteiger charge is 2.35. The number of hydrogen-bond acceptors (Lipinski definition) is 3. The van der Waals surface area contributed by atoms with Crippen LogP contribution in [0, 0.1) is 5.41 Å². The van der Waals surface area contributed by atoms with Crippen molar-refractivity contribution in [3.05, 3.63) is 0 Å². The first-order valence-electron chi connectivity index (χ1n) is 6.12. The van der Waals surface area contributed by atoms with Gasteiger partial charge in [-0.05, 0) is 26.2 Å². The van der Waals surface area contributed by atoms with E-state index in [0.29, 0.717) is 25.8 Å². The quantitative estimate of drug-likeness (QED) is 0.279. The molecule has 0 aliphatic carbocycles. The molecule has 1 aliphatic rings. The van der Waals surface area contributed by atoms with E-state index >= 15 is 0 Å². The fourth-order valence-corrected chi connectivity index (χ4v) is 2.26. The summed E-state index contributed by atoms with van der Waals surface area (Å²) in [7, 11) is 0. The fraction of sp³-hybridized carbons (Fsp3) is 0.727. The Bertz CT molecular complexity index is 344. The van der Waals surface area contributed by atoms with Gasteiger partial charge in [-0.1, -0.05) is 0 Å². The average molecular weight is 255 g/mol. The average Bonchev–Trinajstić information content (AvgIpc) is 2.59. The highest BCUT2D eigenvalue weighted by Crippen LogP contribution is 2.23. The second kappa shape index (κ2) is 6.23. The lowest BCUT2D eigenvalue weighted by molar-refractivity contribution is -0.137. The Balaban J connectivity index is 2.52. The molecule has 0 bridgehead atoms. The number of hydrogen-bond donors (Lipinski definition) is 4. The van der Waals surface area contributed by atoms with Gasteiger partial charge in [0.05, 0.1) is 0 Å². The van der Waals surface area contributed by atoms with Crippen molar-refractivity contribution in [2.45, 2.75) is 44.7 Å². The number of nitrogens with one attached hydrogen (secondary N) is 2. The summed E-state index contributed by atoms with van der Waals surface area (Å²) in [6.45, 7) is 2.42. The van der Waals surface area contributed by atoms with Crippen LogP contribution in [0.5, 0.6) is 0 Å². The summed E-state index contributed by atoms with van der Waals surface area (Å²) >= 11 is 0. The molecule has 0 aromatic rings. The van der Waals surface area contributed by atoms with Crippen LogP contribution in [0.3, 0.4) is 0 Å². The van der Waals surface area contributed by atoms with Gasteiger partial charge in [-0.2, -0.15) is 0 Å². The van der Waals surface area contributed by atoms with Crippen molar-refractivity contribution in [2.75, 3.05) is 6.54 Å². The zero-order chi connectivity index (χ0) is 13.7. The Labute approximate surface area is 106 Å². The summed E-state index contributed by atoms with van der Waals surface area (Å²) in [4.78, 5) is 24.8. The Morgan fingerprint density at radius 2 is 2.28 bits per heavy atom. The molecule has 1 fully saturated rings. The van der Waals surface area contributed by atoms with Crippen molar-refractivity contribution in [3.8, 4) is 0 Å². The lowest BCUT2D eigenvalue weighted by atomic mass is 10.1. The monoisotopic (exact) mass is 255 g/mol. The minimum Gasteiger partial charge on any atom is -0.370 e. The highest BCUT2D eigenvalue weighted by molar-refractivity contribution is 5.88. The van der Waals surface area contributed by atoms with Crippen LogP contribution in [-0.2, 0) is 9.59 Å². The minimum atomic E-state index is -0.552. The van der Waals surface area contributed by atoms with Gasteiger partial charge in [0.2, 0.25) is 11.8 Å². The number of guanidine groups is 1. The zero-order valence-corrected chi connectivity index (χ0v) is 10.6. The molecule has 102 valence electrons. The molecule has 2 amide bonds. The van der Waals surface area contributed by atoms with Crippen molar-refractivity contribution in [1.29, 1.82) is 5.41 Å². The largest absolute Gasteiger partial charge is 0.370 e. The lowest BCUT2D eigenvalue weighted by Crippen LogP contribution is -2.48. The van der Waals surface area contributed by atoms with E-state index in [9.17, 15) is 9.59 Å². The Morgan fingerprint density at radius 3 is 2.72 bits per heavy atom. The third-order valence-electron chi connectivity index (χ3n) is 3.17. The van der Waals surface area contributed by atoms with E-state index in [1.165, 1.54) is 0 Å². The van der Waals surface area contributed by atoms with Gasteiger partial charge in [0.15, 0.2) is 5.96 Å².